The minimum absolute atomic E-state index is 0.0185. The van der Waals surface area contributed by atoms with Crippen LogP contribution in [0.2, 0.25) is 0 Å². The Hall–Kier alpha value is -2.43. The molecule has 0 radical (unpaired) electrons. The number of rotatable bonds is 19. The molecule has 1 aromatic rings. The van der Waals surface area contributed by atoms with E-state index in [0.717, 1.165) is 19.3 Å². The second-order valence-corrected chi connectivity index (χ2v) is 13.5. The number of sulfone groups is 1. The fraction of sp³-hybridized carbons (Fsp3) is 0.688. The summed E-state index contributed by atoms with van der Waals surface area (Å²) in [4.78, 5) is 25.9. The molecule has 0 spiro atoms. The van der Waals surface area contributed by atoms with Gasteiger partial charge < -0.3 is 25.4 Å². The Labute approximate surface area is 253 Å². The van der Waals surface area contributed by atoms with Crippen molar-refractivity contribution in [3.05, 3.63) is 47.5 Å². The summed E-state index contributed by atoms with van der Waals surface area (Å²) in [5, 5.41) is 8.59. The number of aryl methyl sites for hydroxylation is 1. The van der Waals surface area contributed by atoms with E-state index < -0.39 is 27.1 Å². The lowest BCUT2D eigenvalue weighted by Gasteiger charge is -2.24. The summed E-state index contributed by atoms with van der Waals surface area (Å²) >= 11 is 0. The third kappa shape index (κ3) is 13.3. The van der Waals surface area contributed by atoms with Crippen molar-refractivity contribution < 1.29 is 27.5 Å². The number of alkyl carbamates (subject to hydrolysis) is 1. The van der Waals surface area contributed by atoms with Gasteiger partial charge in [0, 0.05) is 44.9 Å². The number of allylic oxidation sites excluding steroid dienone is 1. The summed E-state index contributed by atoms with van der Waals surface area (Å²) in [6, 6.07) is 8.46. The number of hydrogen-bond acceptors (Lipinski definition) is 7. The van der Waals surface area contributed by atoms with E-state index in [0.29, 0.717) is 58.5 Å². The Morgan fingerprint density at radius 1 is 1.02 bits per heavy atom. The third-order valence-electron chi connectivity index (χ3n) is 7.61. The molecule has 1 heterocycles. The number of nitrogens with one attached hydrogen (secondary N) is 3. The monoisotopic (exact) mass is 607 g/mol. The van der Waals surface area contributed by atoms with Crippen molar-refractivity contribution in [2.45, 2.75) is 90.5 Å². The molecule has 2 rings (SSSR count). The topological polar surface area (TPSA) is 123 Å². The first-order valence-electron chi connectivity index (χ1n) is 15.6. The summed E-state index contributed by atoms with van der Waals surface area (Å²) in [6.45, 7) is 10.7. The molecule has 42 heavy (non-hydrogen) atoms. The summed E-state index contributed by atoms with van der Waals surface area (Å²) < 4.78 is 37.6. The first-order chi connectivity index (χ1) is 20.2. The molecule has 3 N–H and O–H groups in total. The van der Waals surface area contributed by atoms with Crippen LogP contribution in [0.1, 0.15) is 77.3 Å². The largest absolute Gasteiger partial charge is 0.446 e. The van der Waals surface area contributed by atoms with Gasteiger partial charge >= 0.3 is 6.09 Å². The Bertz CT molecular complexity index is 1070. The van der Waals surface area contributed by atoms with Crippen molar-refractivity contribution in [2.75, 3.05) is 38.6 Å². The molecule has 0 saturated carbocycles. The highest BCUT2D eigenvalue weighted by Crippen LogP contribution is 2.19. The molecule has 10 heteroatoms. The van der Waals surface area contributed by atoms with Gasteiger partial charge in [0.05, 0.1) is 30.1 Å². The molecule has 1 saturated heterocycles. The summed E-state index contributed by atoms with van der Waals surface area (Å²) in [6.07, 6.45) is 7.92. The van der Waals surface area contributed by atoms with Crippen LogP contribution in [0.4, 0.5) is 4.79 Å². The van der Waals surface area contributed by atoms with Gasteiger partial charge in [0.2, 0.25) is 5.91 Å². The van der Waals surface area contributed by atoms with Gasteiger partial charge in [-0.2, -0.15) is 0 Å². The standard InChI is InChI=1S/C32H53N3O6S/c1-5-10-27(21-33-20-26-14-9-13-25(8-4)19-26)22-34-31(36)28(24-42(38,39)30(11-6-2)12-7-3)23-35-32(37)41-29-15-17-40-18-16-29/h5,9-10,13-14,19,27-30,33H,6-8,11-12,15-18,20-24H2,1-4H3,(H,34,36)(H,35,37)/b10-5+. The van der Waals surface area contributed by atoms with Crippen molar-refractivity contribution in [2.24, 2.45) is 11.8 Å². The van der Waals surface area contributed by atoms with Crippen molar-refractivity contribution in [1.82, 2.24) is 16.0 Å². The molecule has 1 aliphatic heterocycles. The molecule has 0 aliphatic carbocycles. The van der Waals surface area contributed by atoms with E-state index in [2.05, 4.69) is 47.1 Å². The van der Waals surface area contributed by atoms with Gasteiger partial charge in [-0.25, -0.2) is 13.2 Å². The molecular formula is C32H53N3O6S. The van der Waals surface area contributed by atoms with Crippen LogP contribution >= 0.6 is 0 Å². The van der Waals surface area contributed by atoms with Crippen LogP contribution in [0.15, 0.2) is 36.4 Å². The maximum Gasteiger partial charge on any atom is 0.407 e. The highest BCUT2D eigenvalue weighted by molar-refractivity contribution is 7.92. The van der Waals surface area contributed by atoms with E-state index in [1.54, 1.807) is 0 Å². The lowest BCUT2D eigenvalue weighted by atomic mass is 10.1. The molecule has 9 nitrogen and oxygen atoms in total. The van der Waals surface area contributed by atoms with Gasteiger partial charge in [0.1, 0.15) is 6.10 Å². The molecule has 2 unspecified atom stereocenters. The lowest BCUT2D eigenvalue weighted by molar-refractivity contribution is -0.124. The Balaban J connectivity index is 2.03. The van der Waals surface area contributed by atoms with E-state index in [1.807, 2.05) is 32.9 Å². The third-order valence-corrected chi connectivity index (χ3v) is 9.96. The second kappa shape index (κ2) is 19.7. The maximum absolute atomic E-state index is 13.4. The van der Waals surface area contributed by atoms with Crippen molar-refractivity contribution >= 4 is 21.8 Å². The molecule has 1 aromatic carbocycles. The van der Waals surface area contributed by atoms with Crippen LogP contribution in [0.5, 0.6) is 0 Å². The Morgan fingerprint density at radius 2 is 1.71 bits per heavy atom. The average Bonchev–Trinajstić information content (AvgIpc) is 2.98. The van der Waals surface area contributed by atoms with Gasteiger partial charge in [0.25, 0.3) is 0 Å². The van der Waals surface area contributed by atoms with Crippen LogP contribution in [0, 0.1) is 11.8 Å². The Morgan fingerprint density at radius 3 is 2.36 bits per heavy atom. The molecule has 1 fully saturated rings. The van der Waals surface area contributed by atoms with Crippen molar-refractivity contribution in [3.63, 3.8) is 0 Å². The minimum Gasteiger partial charge on any atom is -0.446 e. The summed E-state index contributed by atoms with van der Waals surface area (Å²) in [7, 11) is -3.56. The van der Waals surface area contributed by atoms with Crippen LogP contribution in [-0.4, -0.2) is 70.4 Å². The zero-order valence-corrected chi connectivity index (χ0v) is 26.8. The van der Waals surface area contributed by atoms with E-state index in [1.165, 1.54) is 11.1 Å². The zero-order chi connectivity index (χ0) is 30.8. The molecule has 1 aliphatic rings. The highest BCUT2D eigenvalue weighted by atomic mass is 32.2. The van der Waals surface area contributed by atoms with Gasteiger partial charge in [-0.05, 0) is 37.3 Å². The predicted molar refractivity (Wildman–Crippen MR) is 168 cm³/mol. The zero-order valence-electron chi connectivity index (χ0n) is 26.0. The first kappa shape index (κ1) is 35.8. The second-order valence-electron chi connectivity index (χ2n) is 11.2. The lowest BCUT2D eigenvalue weighted by Crippen LogP contribution is -2.45. The van der Waals surface area contributed by atoms with Gasteiger partial charge in [-0.15, -0.1) is 0 Å². The van der Waals surface area contributed by atoms with Crippen LogP contribution in [0.3, 0.4) is 0 Å². The first-order valence-corrected chi connectivity index (χ1v) is 17.4. The van der Waals surface area contributed by atoms with Crippen LogP contribution in [0.25, 0.3) is 0 Å². The van der Waals surface area contributed by atoms with E-state index >= 15 is 0 Å². The normalized spacial score (nSPS) is 15.9. The number of amides is 2. The fourth-order valence-electron chi connectivity index (χ4n) is 5.20. The maximum atomic E-state index is 13.4. The SMILES string of the molecule is C/C=C/C(CNCc1cccc(CC)c1)CNC(=O)C(CNC(=O)OC1CCOCC1)CS(=O)(=O)C(CCC)CCC. The van der Waals surface area contributed by atoms with E-state index in [-0.39, 0.29) is 30.2 Å². The molecular weight excluding hydrogens is 554 g/mol. The number of ether oxygens (including phenoxy) is 2. The fourth-order valence-corrected chi connectivity index (χ4v) is 7.49. The minimum atomic E-state index is -3.56. The van der Waals surface area contributed by atoms with Gasteiger partial charge in [0.15, 0.2) is 9.84 Å². The number of hydrogen-bond donors (Lipinski definition) is 3. The Kier molecular flexibility index (Phi) is 16.8. The van der Waals surface area contributed by atoms with E-state index in [9.17, 15) is 18.0 Å². The van der Waals surface area contributed by atoms with Crippen LogP contribution in [-0.2, 0) is 37.1 Å². The van der Waals surface area contributed by atoms with E-state index in [4.69, 9.17) is 9.47 Å². The van der Waals surface area contributed by atoms with Crippen molar-refractivity contribution in [1.29, 1.82) is 0 Å². The van der Waals surface area contributed by atoms with Gasteiger partial charge in [-0.1, -0.05) is 70.0 Å². The molecule has 2 atom stereocenters. The number of benzene rings is 1. The quantitative estimate of drug-likeness (QED) is 0.197. The predicted octanol–water partition coefficient (Wildman–Crippen LogP) is 4.55. The smallest absolute Gasteiger partial charge is 0.407 e. The summed E-state index contributed by atoms with van der Waals surface area (Å²) in [5.74, 6) is -1.61. The number of carbonyl (C=O) groups is 2. The van der Waals surface area contributed by atoms with Gasteiger partial charge in [-0.3, -0.25) is 4.79 Å². The average molecular weight is 608 g/mol. The number of carbonyl (C=O) groups excluding carboxylic acids is 2. The molecule has 238 valence electrons. The van der Waals surface area contributed by atoms with Crippen LogP contribution < -0.4 is 16.0 Å². The molecule has 0 aromatic heterocycles. The van der Waals surface area contributed by atoms with Crippen molar-refractivity contribution in [3.8, 4) is 0 Å². The summed E-state index contributed by atoms with van der Waals surface area (Å²) in [5.41, 5.74) is 2.49. The highest BCUT2D eigenvalue weighted by Gasteiger charge is 2.32. The molecule has 2 amide bonds. The molecule has 0 bridgehead atoms.